The van der Waals surface area contributed by atoms with Gasteiger partial charge in [-0.1, -0.05) is 6.07 Å². The normalized spacial score (nSPS) is 17.0. The van der Waals surface area contributed by atoms with Gasteiger partial charge in [-0.15, -0.1) is 11.3 Å². The molecule has 3 heterocycles. The molecule has 0 spiro atoms. The summed E-state index contributed by atoms with van der Waals surface area (Å²) in [4.78, 5) is 15.4. The third-order valence-electron chi connectivity index (χ3n) is 4.46. The van der Waals surface area contributed by atoms with Crippen molar-refractivity contribution in [3.05, 3.63) is 45.9 Å². The summed E-state index contributed by atoms with van der Waals surface area (Å²) in [7, 11) is 1.78. The van der Waals surface area contributed by atoms with Gasteiger partial charge >= 0.3 is 0 Å². The number of likely N-dealkylation sites (tertiary alicyclic amines) is 1. The topological polar surface area (TPSA) is 69.3 Å². The first-order chi connectivity index (χ1) is 11.1. The van der Waals surface area contributed by atoms with Crippen LogP contribution in [0.1, 0.15) is 39.9 Å². The Morgan fingerprint density at radius 2 is 2.22 bits per heavy atom. The highest BCUT2D eigenvalue weighted by atomic mass is 32.1. The van der Waals surface area contributed by atoms with Crippen LogP contribution < -0.4 is 0 Å². The Balaban J connectivity index is 1.63. The van der Waals surface area contributed by atoms with Crippen LogP contribution in [0.2, 0.25) is 0 Å². The summed E-state index contributed by atoms with van der Waals surface area (Å²) in [5.41, 5.74) is 1.04. The molecule has 0 aromatic carbocycles. The molecule has 1 aliphatic heterocycles. The Kier molecular flexibility index (Phi) is 4.51. The van der Waals surface area contributed by atoms with Crippen LogP contribution in [0.4, 0.5) is 0 Å². The summed E-state index contributed by atoms with van der Waals surface area (Å²) >= 11 is 1.57. The summed E-state index contributed by atoms with van der Waals surface area (Å²) < 4.78 is 1.70. The molecule has 1 amide bonds. The van der Waals surface area contributed by atoms with Crippen molar-refractivity contribution in [3.63, 3.8) is 0 Å². The molecule has 0 radical (unpaired) electrons. The molecule has 120 valence electrons. The van der Waals surface area contributed by atoms with Crippen LogP contribution in [-0.4, -0.2) is 33.6 Å². The lowest BCUT2D eigenvalue weighted by Gasteiger charge is -2.34. The third-order valence-corrected chi connectivity index (χ3v) is 5.40. The van der Waals surface area contributed by atoms with Gasteiger partial charge in [-0.2, -0.15) is 5.26 Å². The number of rotatable bonds is 3. The zero-order valence-corrected chi connectivity index (χ0v) is 13.8. The average molecular weight is 329 g/mol. The molecule has 0 saturated carbocycles. The van der Waals surface area contributed by atoms with Gasteiger partial charge in [0.15, 0.2) is 0 Å². The minimum absolute atomic E-state index is 0.0435. The molecule has 1 N–H and O–H groups in total. The molecule has 1 aliphatic rings. The fourth-order valence-electron chi connectivity index (χ4n) is 3.11. The Hall–Kier alpha value is -2.10. The number of carbonyl (C=O) groups excluding carboxylic acids is 1. The number of nitriles is 1. The summed E-state index contributed by atoms with van der Waals surface area (Å²) in [6.45, 7) is 1.28. The molecule has 23 heavy (non-hydrogen) atoms. The molecule has 5 nitrogen and oxygen atoms in total. The van der Waals surface area contributed by atoms with E-state index in [2.05, 4.69) is 6.07 Å². The van der Waals surface area contributed by atoms with Crippen LogP contribution in [0.25, 0.3) is 0 Å². The van der Waals surface area contributed by atoms with E-state index < -0.39 is 6.10 Å². The van der Waals surface area contributed by atoms with Crippen molar-refractivity contribution < 1.29 is 9.90 Å². The van der Waals surface area contributed by atoms with E-state index in [-0.39, 0.29) is 11.8 Å². The molecule has 0 aliphatic carbocycles. The number of hydrogen-bond acceptors (Lipinski definition) is 4. The fourth-order valence-corrected chi connectivity index (χ4v) is 3.91. The van der Waals surface area contributed by atoms with Gasteiger partial charge in [0, 0.05) is 31.2 Å². The number of nitrogens with zero attached hydrogens (tertiary/aromatic N) is 3. The minimum Gasteiger partial charge on any atom is -0.387 e. The number of hydrogen-bond donors (Lipinski definition) is 1. The number of carbonyl (C=O) groups is 1. The van der Waals surface area contributed by atoms with Gasteiger partial charge in [0.05, 0.1) is 11.7 Å². The maximum Gasteiger partial charge on any atom is 0.270 e. The second-order valence-electron chi connectivity index (χ2n) is 5.93. The van der Waals surface area contributed by atoms with E-state index in [1.807, 2.05) is 22.4 Å². The molecular weight excluding hydrogens is 310 g/mol. The van der Waals surface area contributed by atoms with E-state index in [1.165, 1.54) is 0 Å². The number of thiophene rings is 1. The van der Waals surface area contributed by atoms with Crippen molar-refractivity contribution >= 4 is 17.2 Å². The molecule has 0 bridgehead atoms. The van der Waals surface area contributed by atoms with E-state index >= 15 is 0 Å². The van der Waals surface area contributed by atoms with Crippen molar-refractivity contribution in [3.8, 4) is 6.07 Å². The monoisotopic (exact) mass is 329 g/mol. The zero-order valence-electron chi connectivity index (χ0n) is 13.0. The van der Waals surface area contributed by atoms with Gasteiger partial charge < -0.3 is 14.6 Å². The molecule has 1 saturated heterocycles. The predicted octanol–water partition coefficient (Wildman–Crippen LogP) is 2.54. The first-order valence-electron chi connectivity index (χ1n) is 7.67. The van der Waals surface area contributed by atoms with E-state index in [4.69, 9.17) is 5.26 Å². The van der Waals surface area contributed by atoms with E-state index in [0.29, 0.717) is 24.3 Å². The maximum atomic E-state index is 12.6. The van der Waals surface area contributed by atoms with Gasteiger partial charge in [-0.3, -0.25) is 4.79 Å². The van der Waals surface area contributed by atoms with E-state index in [1.54, 1.807) is 35.2 Å². The number of amides is 1. The Morgan fingerprint density at radius 1 is 1.48 bits per heavy atom. The first kappa shape index (κ1) is 15.8. The minimum atomic E-state index is -0.438. The summed E-state index contributed by atoms with van der Waals surface area (Å²) in [5.74, 6) is 0.152. The standard InChI is InChI=1S/C17H19N3O2S/c1-19-11-12(10-18)9-14(19)17(22)20-6-4-13(5-7-20)16(21)15-3-2-8-23-15/h2-3,8-9,11,13,16,21H,4-7H2,1H3. The summed E-state index contributed by atoms with van der Waals surface area (Å²) in [6.07, 6.45) is 2.81. The fraction of sp³-hybridized carbons (Fsp3) is 0.412. The smallest absolute Gasteiger partial charge is 0.270 e. The number of aliphatic hydroxyl groups is 1. The van der Waals surface area contributed by atoms with Crippen molar-refractivity contribution in [2.75, 3.05) is 13.1 Å². The lowest BCUT2D eigenvalue weighted by atomic mass is 9.90. The van der Waals surface area contributed by atoms with Crippen LogP contribution in [0, 0.1) is 17.2 Å². The Labute approximate surface area is 139 Å². The van der Waals surface area contributed by atoms with Crippen LogP contribution in [0.15, 0.2) is 29.8 Å². The van der Waals surface area contributed by atoms with Crippen LogP contribution in [0.5, 0.6) is 0 Å². The molecule has 1 fully saturated rings. The largest absolute Gasteiger partial charge is 0.387 e. The first-order valence-corrected chi connectivity index (χ1v) is 8.55. The maximum absolute atomic E-state index is 12.6. The van der Waals surface area contributed by atoms with Crippen molar-refractivity contribution in [1.82, 2.24) is 9.47 Å². The highest BCUT2D eigenvalue weighted by Crippen LogP contribution is 2.33. The predicted molar refractivity (Wildman–Crippen MR) is 88.0 cm³/mol. The van der Waals surface area contributed by atoms with Crippen LogP contribution in [0.3, 0.4) is 0 Å². The Morgan fingerprint density at radius 3 is 2.78 bits per heavy atom. The molecule has 6 heteroatoms. The van der Waals surface area contributed by atoms with Crippen molar-refractivity contribution in [1.29, 1.82) is 5.26 Å². The van der Waals surface area contributed by atoms with Gasteiger partial charge in [-0.05, 0) is 36.3 Å². The second-order valence-corrected chi connectivity index (χ2v) is 6.91. The van der Waals surface area contributed by atoms with Gasteiger partial charge in [-0.25, -0.2) is 0 Å². The average Bonchev–Trinajstić information content (AvgIpc) is 3.23. The van der Waals surface area contributed by atoms with E-state index in [0.717, 1.165) is 17.7 Å². The third kappa shape index (κ3) is 3.16. The van der Waals surface area contributed by atoms with Crippen LogP contribution >= 0.6 is 11.3 Å². The zero-order chi connectivity index (χ0) is 16.4. The molecule has 1 atom stereocenters. The molecule has 2 aromatic rings. The lowest BCUT2D eigenvalue weighted by Crippen LogP contribution is -2.40. The van der Waals surface area contributed by atoms with Crippen molar-refractivity contribution in [2.24, 2.45) is 13.0 Å². The van der Waals surface area contributed by atoms with Crippen LogP contribution in [-0.2, 0) is 7.05 Å². The lowest BCUT2D eigenvalue weighted by molar-refractivity contribution is 0.0468. The van der Waals surface area contributed by atoms with Crippen molar-refractivity contribution in [2.45, 2.75) is 18.9 Å². The summed E-state index contributed by atoms with van der Waals surface area (Å²) in [6, 6.07) is 7.60. The number of piperidine rings is 1. The van der Waals surface area contributed by atoms with Gasteiger partial charge in [0.25, 0.3) is 5.91 Å². The van der Waals surface area contributed by atoms with Gasteiger partial charge in [0.2, 0.25) is 0 Å². The second kappa shape index (κ2) is 6.57. The number of aromatic nitrogens is 1. The highest BCUT2D eigenvalue weighted by Gasteiger charge is 2.29. The Bertz CT molecular complexity index is 722. The van der Waals surface area contributed by atoms with E-state index in [9.17, 15) is 9.90 Å². The number of aliphatic hydroxyl groups excluding tert-OH is 1. The number of aryl methyl sites for hydroxylation is 1. The molecule has 1 unspecified atom stereocenters. The highest BCUT2D eigenvalue weighted by molar-refractivity contribution is 7.10. The molecule has 2 aromatic heterocycles. The quantitative estimate of drug-likeness (QED) is 0.941. The molecular formula is C17H19N3O2S. The molecule has 3 rings (SSSR count). The van der Waals surface area contributed by atoms with Gasteiger partial charge in [0.1, 0.15) is 11.8 Å². The SMILES string of the molecule is Cn1cc(C#N)cc1C(=O)N1CCC(C(O)c2cccs2)CC1. The summed E-state index contributed by atoms with van der Waals surface area (Å²) in [5, 5.41) is 21.3.